The van der Waals surface area contributed by atoms with Gasteiger partial charge in [-0.05, 0) is 18.4 Å². The number of amides is 1. The van der Waals surface area contributed by atoms with Crippen LogP contribution >= 0.6 is 0 Å². The standard InChI is InChI=1S/C15H22N2O2/c1-11(2)8-15(18)17-7-6-13(10-17)19-14-5-4-12(3)9-16-14/h4-5,9,11,13H,6-8,10H2,1-3H3. The molecule has 1 aromatic rings. The van der Waals surface area contributed by atoms with Crippen LogP contribution in [0.4, 0.5) is 0 Å². The zero-order valence-corrected chi connectivity index (χ0v) is 11.9. The van der Waals surface area contributed by atoms with Gasteiger partial charge in [0.1, 0.15) is 6.10 Å². The predicted molar refractivity (Wildman–Crippen MR) is 74.0 cm³/mol. The van der Waals surface area contributed by atoms with Crippen LogP contribution in [0.25, 0.3) is 0 Å². The Bertz CT molecular complexity index is 428. The van der Waals surface area contributed by atoms with E-state index in [9.17, 15) is 4.79 Å². The van der Waals surface area contributed by atoms with Gasteiger partial charge >= 0.3 is 0 Å². The van der Waals surface area contributed by atoms with Gasteiger partial charge < -0.3 is 9.64 Å². The monoisotopic (exact) mass is 262 g/mol. The number of ether oxygens (including phenoxy) is 1. The van der Waals surface area contributed by atoms with Crippen molar-refractivity contribution in [2.75, 3.05) is 13.1 Å². The molecule has 4 nitrogen and oxygen atoms in total. The molecule has 1 saturated heterocycles. The van der Waals surface area contributed by atoms with Gasteiger partial charge in [-0.25, -0.2) is 4.98 Å². The molecular formula is C15H22N2O2. The fourth-order valence-corrected chi connectivity index (χ4v) is 2.22. The van der Waals surface area contributed by atoms with Crippen molar-refractivity contribution in [2.24, 2.45) is 5.92 Å². The highest BCUT2D eigenvalue weighted by atomic mass is 16.5. The van der Waals surface area contributed by atoms with Crippen molar-refractivity contribution in [3.05, 3.63) is 23.9 Å². The van der Waals surface area contributed by atoms with Crippen LogP contribution < -0.4 is 4.74 Å². The Morgan fingerprint density at radius 1 is 1.53 bits per heavy atom. The lowest BCUT2D eigenvalue weighted by Gasteiger charge is -2.18. The van der Waals surface area contributed by atoms with Gasteiger partial charge in [0.15, 0.2) is 0 Å². The molecule has 0 N–H and O–H groups in total. The molecule has 1 atom stereocenters. The van der Waals surface area contributed by atoms with E-state index in [4.69, 9.17) is 4.74 Å². The number of likely N-dealkylation sites (tertiary alicyclic amines) is 1. The highest BCUT2D eigenvalue weighted by molar-refractivity contribution is 5.76. The average molecular weight is 262 g/mol. The maximum atomic E-state index is 12.0. The second-order valence-electron chi connectivity index (χ2n) is 5.64. The van der Waals surface area contributed by atoms with Crippen LogP contribution in [-0.2, 0) is 4.79 Å². The van der Waals surface area contributed by atoms with Crippen molar-refractivity contribution in [2.45, 2.75) is 39.7 Å². The lowest BCUT2D eigenvalue weighted by atomic mass is 10.1. The molecule has 0 aliphatic carbocycles. The number of rotatable bonds is 4. The number of pyridine rings is 1. The normalized spacial score (nSPS) is 18.9. The molecule has 0 radical (unpaired) electrons. The molecule has 1 amide bonds. The minimum Gasteiger partial charge on any atom is -0.472 e. The number of hydrogen-bond donors (Lipinski definition) is 0. The van der Waals surface area contributed by atoms with Crippen LogP contribution in [0.15, 0.2) is 18.3 Å². The summed E-state index contributed by atoms with van der Waals surface area (Å²) in [5.74, 6) is 1.29. The van der Waals surface area contributed by atoms with E-state index >= 15 is 0 Å². The van der Waals surface area contributed by atoms with Crippen molar-refractivity contribution in [1.29, 1.82) is 0 Å². The molecule has 1 aliphatic rings. The van der Waals surface area contributed by atoms with Gasteiger partial charge in [-0.15, -0.1) is 0 Å². The second-order valence-corrected chi connectivity index (χ2v) is 5.64. The highest BCUT2D eigenvalue weighted by Gasteiger charge is 2.27. The van der Waals surface area contributed by atoms with Gasteiger partial charge in [-0.3, -0.25) is 4.79 Å². The first kappa shape index (κ1) is 13.8. The zero-order chi connectivity index (χ0) is 13.8. The molecule has 4 heteroatoms. The summed E-state index contributed by atoms with van der Waals surface area (Å²) in [6, 6.07) is 3.87. The summed E-state index contributed by atoms with van der Waals surface area (Å²) in [7, 11) is 0. The Morgan fingerprint density at radius 2 is 2.32 bits per heavy atom. The Balaban J connectivity index is 1.85. The van der Waals surface area contributed by atoms with E-state index in [1.165, 1.54) is 0 Å². The highest BCUT2D eigenvalue weighted by Crippen LogP contribution is 2.18. The lowest BCUT2D eigenvalue weighted by molar-refractivity contribution is -0.131. The average Bonchev–Trinajstić information content (AvgIpc) is 2.80. The number of aromatic nitrogens is 1. The fraction of sp³-hybridized carbons (Fsp3) is 0.600. The minimum atomic E-state index is 0.0753. The molecule has 1 fully saturated rings. The third-order valence-corrected chi connectivity index (χ3v) is 3.25. The Kier molecular flexibility index (Phi) is 4.40. The first-order valence-corrected chi connectivity index (χ1v) is 6.91. The molecule has 0 saturated carbocycles. The molecule has 0 bridgehead atoms. The van der Waals surface area contributed by atoms with Crippen LogP contribution in [0.3, 0.4) is 0 Å². The van der Waals surface area contributed by atoms with E-state index in [1.54, 1.807) is 6.20 Å². The van der Waals surface area contributed by atoms with E-state index in [2.05, 4.69) is 18.8 Å². The molecule has 0 spiro atoms. The van der Waals surface area contributed by atoms with Crippen LogP contribution in [-0.4, -0.2) is 35.0 Å². The Morgan fingerprint density at radius 3 is 2.95 bits per heavy atom. The molecule has 1 aromatic heterocycles. The van der Waals surface area contributed by atoms with E-state index in [0.29, 0.717) is 24.8 Å². The first-order valence-electron chi connectivity index (χ1n) is 6.91. The summed E-state index contributed by atoms with van der Waals surface area (Å²) >= 11 is 0. The molecule has 1 unspecified atom stereocenters. The van der Waals surface area contributed by atoms with Gasteiger partial charge in [0.2, 0.25) is 11.8 Å². The van der Waals surface area contributed by atoms with E-state index in [-0.39, 0.29) is 12.0 Å². The molecule has 0 aromatic carbocycles. The molecular weight excluding hydrogens is 240 g/mol. The van der Waals surface area contributed by atoms with Crippen LogP contribution in [0.2, 0.25) is 0 Å². The molecule has 19 heavy (non-hydrogen) atoms. The number of hydrogen-bond acceptors (Lipinski definition) is 3. The maximum Gasteiger partial charge on any atom is 0.222 e. The summed E-state index contributed by atoms with van der Waals surface area (Å²) < 4.78 is 5.81. The quantitative estimate of drug-likeness (QED) is 0.837. The maximum absolute atomic E-state index is 12.0. The third-order valence-electron chi connectivity index (χ3n) is 3.25. The summed E-state index contributed by atoms with van der Waals surface area (Å²) in [6.45, 7) is 7.61. The van der Waals surface area contributed by atoms with Crippen molar-refractivity contribution < 1.29 is 9.53 Å². The summed E-state index contributed by atoms with van der Waals surface area (Å²) in [5, 5.41) is 0. The first-order chi connectivity index (χ1) is 9.04. The Labute approximate surface area is 114 Å². The summed E-state index contributed by atoms with van der Waals surface area (Å²) in [4.78, 5) is 18.1. The van der Waals surface area contributed by atoms with Crippen molar-refractivity contribution in [3.8, 4) is 5.88 Å². The SMILES string of the molecule is Cc1ccc(OC2CCN(C(=O)CC(C)C)C2)nc1. The minimum absolute atomic E-state index is 0.0753. The molecule has 2 rings (SSSR count). The van der Waals surface area contributed by atoms with E-state index in [1.807, 2.05) is 24.0 Å². The summed E-state index contributed by atoms with van der Waals surface area (Å²) in [5.41, 5.74) is 1.12. The van der Waals surface area contributed by atoms with Crippen LogP contribution in [0, 0.1) is 12.8 Å². The topological polar surface area (TPSA) is 42.4 Å². The smallest absolute Gasteiger partial charge is 0.222 e. The van der Waals surface area contributed by atoms with E-state index < -0.39 is 0 Å². The van der Waals surface area contributed by atoms with Crippen molar-refractivity contribution in [3.63, 3.8) is 0 Å². The third kappa shape index (κ3) is 3.94. The summed E-state index contributed by atoms with van der Waals surface area (Å²) in [6.07, 6.45) is 3.38. The van der Waals surface area contributed by atoms with Crippen LogP contribution in [0.1, 0.15) is 32.3 Å². The lowest BCUT2D eigenvalue weighted by Crippen LogP contribution is -2.31. The van der Waals surface area contributed by atoms with Gasteiger partial charge in [0.05, 0.1) is 6.54 Å². The van der Waals surface area contributed by atoms with Crippen molar-refractivity contribution in [1.82, 2.24) is 9.88 Å². The molecule has 1 aliphatic heterocycles. The predicted octanol–water partition coefficient (Wildman–Crippen LogP) is 2.42. The van der Waals surface area contributed by atoms with Gasteiger partial charge in [-0.1, -0.05) is 19.9 Å². The van der Waals surface area contributed by atoms with Gasteiger partial charge in [-0.2, -0.15) is 0 Å². The number of nitrogens with zero attached hydrogens (tertiary/aromatic N) is 2. The van der Waals surface area contributed by atoms with Gasteiger partial charge in [0, 0.05) is 31.6 Å². The number of carbonyl (C=O) groups excluding carboxylic acids is 1. The van der Waals surface area contributed by atoms with Crippen LogP contribution in [0.5, 0.6) is 5.88 Å². The van der Waals surface area contributed by atoms with Gasteiger partial charge in [0.25, 0.3) is 0 Å². The van der Waals surface area contributed by atoms with Crippen molar-refractivity contribution >= 4 is 5.91 Å². The largest absolute Gasteiger partial charge is 0.472 e. The molecule has 104 valence electrons. The fourth-order valence-electron chi connectivity index (χ4n) is 2.22. The second kappa shape index (κ2) is 6.04. The number of aryl methyl sites for hydroxylation is 1. The number of carbonyl (C=O) groups is 1. The van der Waals surface area contributed by atoms with E-state index in [0.717, 1.165) is 18.5 Å². The Hall–Kier alpha value is -1.58. The molecule has 2 heterocycles. The zero-order valence-electron chi connectivity index (χ0n) is 11.9.